The van der Waals surface area contributed by atoms with E-state index in [1.807, 2.05) is 0 Å². The van der Waals surface area contributed by atoms with Crippen LogP contribution in [0.4, 0.5) is 0 Å². The van der Waals surface area contributed by atoms with Gasteiger partial charge >= 0.3 is 17.9 Å². The molecule has 0 fully saturated rings. The van der Waals surface area contributed by atoms with Gasteiger partial charge in [-0.05, 0) is 109 Å². The van der Waals surface area contributed by atoms with Gasteiger partial charge in [0, 0.05) is 19.3 Å². The molecule has 0 saturated heterocycles. The SMILES string of the molecule is CC/C=C\C/C=C\C/C=C\C/C=C\C/C=C\C/C=C\C/C=C\CCCCCCCCCCCC(=O)OCC(COC(=O)CCCCCCCCCCCCCCCC)OC(=O)CCCCCCCCCCC/C=C\C/C=C\CCCCC. The van der Waals surface area contributed by atoms with E-state index in [9.17, 15) is 14.4 Å². The van der Waals surface area contributed by atoms with Crippen LogP contribution in [0.2, 0.25) is 0 Å². The summed E-state index contributed by atoms with van der Waals surface area (Å²) in [5, 5.41) is 0. The van der Waals surface area contributed by atoms with Gasteiger partial charge in [0.05, 0.1) is 0 Å². The molecule has 0 N–H and O–H groups in total. The van der Waals surface area contributed by atoms with Crippen LogP contribution in [0.15, 0.2) is 109 Å². The number of esters is 3. The summed E-state index contributed by atoms with van der Waals surface area (Å²) in [6, 6.07) is 0. The summed E-state index contributed by atoms with van der Waals surface area (Å²) in [4.78, 5) is 38.4. The van der Waals surface area contributed by atoms with E-state index in [-0.39, 0.29) is 31.1 Å². The summed E-state index contributed by atoms with van der Waals surface area (Å²) >= 11 is 0. The first-order valence-corrected chi connectivity index (χ1v) is 34.9. The van der Waals surface area contributed by atoms with E-state index in [4.69, 9.17) is 14.2 Å². The maximum absolute atomic E-state index is 12.9. The Morgan fingerprint density at radius 1 is 0.256 bits per heavy atom. The van der Waals surface area contributed by atoms with E-state index in [2.05, 4.69) is 130 Å². The molecular weight excluding hydrogens is 1010 g/mol. The van der Waals surface area contributed by atoms with E-state index in [1.54, 1.807) is 0 Å². The van der Waals surface area contributed by atoms with Crippen LogP contribution in [0.25, 0.3) is 0 Å². The topological polar surface area (TPSA) is 78.9 Å². The van der Waals surface area contributed by atoms with E-state index >= 15 is 0 Å². The molecular formula is C76H130O6. The highest BCUT2D eigenvalue weighted by atomic mass is 16.6. The zero-order valence-electron chi connectivity index (χ0n) is 54.0. The second kappa shape index (κ2) is 69.6. The maximum atomic E-state index is 12.9. The quantitative estimate of drug-likeness (QED) is 0.0261. The molecule has 0 aliphatic carbocycles. The number of hydrogen-bond donors (Lipinski definition) is 0. The van der Waals surface area contributed by atoms with Crippen molar-refractivity contribution < 1.29 is 28.6 Å². The molecule has 0 aromatic carbocycles. The smallest absolute Gasteiger partial charge is 0.306 e. The van der Waals surface area contributed by atoms with Crippen molar-refractivity contribution in [3.8, 4) is 0 Å². The van der Waals surface area contributed by atoms with Crippen molar-refractivity contribution in [3.05, 3.63) is 109 Å². The molecule has 0 amide bonds. The Hall–Kier alpha value is -3.93. The normalized spacial score (nSPS) is 12.8. The lowest BCUT2D eigenvalue weighted by Crippen LogP contribution is -2.30. The summed E-state index contributed by atoms with van der Waals surface area (Å²) < 4.78 is 17.0. The van der Waals surface area contributed by atoms with Crippen LogP contribution >= 0.6 is 0 Å². The third-order valence-corrected chi connectivity index (χ3v) is 15.0. The van der Waals surface area contributed by atoms with Crippen LogP contribution in [-0.4, -0.2) is 37.2 Å². The van der Waals surface area contributed by atoms with E-state index in [1.165, 1.54) is 180 Å². The van der Waals surface area contributed by atoms with Crippen LogP contribution in [0.5, 0.6) is 0 Å². The number of allylic oxidation sites excluding steroid dienone is 18. The molecule has 0 aromatic rings. The lowest BCUT2D eigenvalue weighted by molar-refractivity contribution is -0.167. The predicted molar refractivity (Wildman–Crippen MR) is 357 cm³/mol. The van der Waals surface area contributed by atoms with Gasteiger partial charge in [-0.3, -0.25) is 14.4 Å². The third-order valence-electron chi connectivity index (χ3n) is 15.0. The van der Waals surface area contributed by atoms with Crippen molar-refractivity contribution >= 4 is 17.9 Å². The van der Waals surface area contributed by atoms with Gasteiger partial charge in [0.1, 0.15) is 13.2 Å². The summed E-state index contributed by atoms with van der Waals surface area (Å²) in [5.41, 5.74) is 0. The minimum atomic E-state index is -0.784. The Morgan fingerprint density at radius 2 is 0.476 bits per heavy atom. The Balaban J connectivity index is 4.30. The van der Waals surface area contributed by atoms with Crippen molar-refractivity contribution in [2.24, 2.45) is 0 Å². The van der Waals surface area contributed by atoms with Crippen LogP contribution in [0.1, 0.15) is 335 Å². The molecule has 0 spiro atoms. The van der Waals surface area contributed by atoms with Gasteiger partial charge in [-0.25, -0.2) is 0 Å². The monoisotopic (exact) mass is 1140 g/mol. The molecule has 6 heteroatoms. The van der Waals surface area contributed by atoms with Gasteiger partial charge in [-0.15, -0.1) is 0 Å². The second-order valence-corrected chi connectivity index (χ2v) is 23.1. The molecule has 82 heavy (non-hydrogen) atoms. The van der Waals surface area contributed by atoms with Crippen LogP contribution < -0.4 is 0 Å². The molecule has 6 nitrogen and oxygen atoms in total. The zero-order chi connectivity index (χ0) is 59.2. The number of carbonyl (C=O) groups is 3. The average molecular weight is 1140 g/mol. The van der Waals surface area contributed by atoms with Gasteiger partial charge in [0.25, 0.3) is 0 Å². The van der Waals surface area contributed by atoms with E-state index in [0.717, 1.165) is 116 Å². The molecule has 0 aliphatic rings. The molecule has 0 heterocycles. The number of rotatable bonds is 63. The van der Waals surface area contributed by atoms with Crippen molar-refractivity contribution in [3.63, 3.8) is 0 Å². The Labute approximate surface area is 508 Å². The second-order valence-electron chi connectivity index (χ2n) is 23.1. The molecule has 0 bridgehead atoms. The predicted octanol–water partition coefficient (Wildman–Crippen LogP) is 24.2. The van der Waals surface area contributed by atoms with Gasteiger partial charge in [0.15, 0.2) is 6.10 Å². The summed E-state index contributed by atoms with van der Waals surface area (Å²) in [5.74, 6) is -0.875. The number of carbonyl (C=O) groups excluding carboxylic acids is 3. The van der Waals surface area contributed by atoms with Crippen molar-refractivity contribution in [2.45, 2.75) is 341 Å². The molecule has 470 valence electrons. The zero-order valence-corrected chi connectivity index (χ0v) is 54.0. The minimum absolute atomic E-state index is 0.0783. The Bertz CT molecular complexity index is 1640. The fourth-order valence-corrected chi connectivity index (χ4v) is 9.81. The van der Waals surface area contributed by atoms with Gasteiger partial charge < -0.3 is 14.2 Å². The minimum Gasteiger partial charge on any atom is -0.462 e. The maximum Gasteiger partial charge on any atom is 0.306 e. The molecule has 0 aliphatic heterocycles. The van der Waals surface area contributed by atoms with E-state index < -0.39 is 6.10 Å². The Morgan fingerprint density at radius 3 is 0.768 bits per heavy atom. The molecule has 0 saturated carbocycles. The van der Waals surface area contributed by atoms with Crippen LogP contribution in [0, 0.1) is 0 Å². The summed E-state index contributed by atoms with van der Waals surface area (Å²) in [6.45, 7) is 6.53. The van der Waals surface area contributed by atoms with Crippen LogP contribution in [0.3, 0.4) is 0 Å². The summed E-state index contributed by atoms with van der Waals surface area (Å²) in [6.07, 6.45) is 95.3. The van der Waals surface area contributed by atoms with Crippen molar-refractivity contribution in [1.82, 2.24) is 0 Å². The van der Waals surface area contributed by atoms with Crippen molar-refractivity contribution in [1.29, 1.82) is 0 Å². The first kappa shape index (κ1) is 78.1. The first-order chi connectivity index (χ1) is 40.5. The standard InChI is InChI=1S/C76H130O6/c1-4-7-10-13-16-19-22-25-28-30-32-33-34-35-36-37-38-39-40-41-42-43-45-46-48-51-54-57-60-63-66-69-75(78)81-72-73(71-80-74(77)68-65-62-59-56-53-50-27-24-21-18-15-12-9-6-3)82-76(79)70-67-64-61-58-55-52-49-47-44-31-29-26-23-20-17-14-11-8-5-2/h7,10,16-17,19-20,25-26,28-29,32-33,35-36,38-39,41-42,73H,4-6,8-9,11-15,18,21-24,27,30-31,34,37,40,43-72H2,1-3H3/b10-7-,19-16-,20-17-,28-25-,29-26-,33-32-,36-35-,39-38-,42-41-. The highest BCUT2D eigenvalue weighted by molar-refractivity contribution is 5.71. The highest BCUT2D eigenvalue weighted by Crippen LogP contribution is 2.17. The number of ether oxygens (including phenoxy) is 3. The third kappa shape index (κ3) is 66.9. The lowest BCUT2D eigenvalue weighted by Gasteiger charge is -2.18. The molecule has 0 radical (unpaired) electrons. The number of hydrogen-bond acceptors (Lipinski definition) is 6. The van der Waals surface area contributed by atoms with Crippen molar-refractivity contribution in [2.75, 3.05) is 13.2 Å². The fraction of sp³-hybridized carbons (Fsp3) is 0.724. The molecule has 1 unspecified atom stereocenters. The highest BCUT2D eigenvalue weighted by Gasteiger charge is 2.19. The fourth-order valence-electron chi connectivity index (χ4n) is 9.81. The molecule has 0 rings (SSSR count). The average Bonchev–Trinajstić information content (AvgIpc) is 3.47. The van der Waals surface area contributed by atoms with Gasteiger partial charge in [-0.2, -0.15) is 0 Å². The van der Waals surface area contributed by atoms with E-state index in [0.29, 0.717) is 19.3 Å². The largest absolute Gasteiger partial charge is 0.462 e. The molecule has 0 aromatic heterocycles. The number of unbranched alkanes of at least 4 members (excludes halogenated alkanes) is 34. The molecule has 1 atom stereocenters. The summed E-state index contributed by atoms with van der Waals surface area (Å²) in [7, 11) is 0. The first-order valence-electron chi connectivity index (χ1n) is 34.9. The van der Waals surface area contributed by atoms with Gasteiger partial charge in [0.2, 0.25) is 0 Å². The Kier molecular flexibility index (Phi) is 66.2. The van der Waals surface area contributed by atoms with Crippen LogP contribution in [-0.2, 0) is 28.6 Å². The lowest BCUT2D eigenvalue weighted by atomic mass is 10.0. The van der Waals surface area contributed by atoms with Gasteiger partial charge in [-0.1, -0.05) is 316 Å².